The number of benzene rings is 1. The lowest BCUT2D eigenvalue weighted by atomic mass is 10.2. The molecule has 1 aromatic carbocycles. The first-order valence-corrected chi connectivity index (χ1v) is 4.17. The molecule has 0 saturated heterocycles. The molecule has 1 rings (SSSR count). The summed E-state index contributed by atoms with van der Waals surface area (Å²) in [6, 6.07) is 7.59. The van der Waals surface area contributed by atoms with Crippen LogP contribution in [0.2, 0.25) is 0 Å². The molecule has 0 fully saturated rings. The molecule has 0 spiro atoms. The molecular formula is C11H11O3. The van der Waals surface area contributed by atoms with Crippen molar-refractivity contribution in [1.82, 2.24) is 0 Å². The van der Waals surface area contributed by atoms with E-state index in [1.165, 1.54) is 6.47 Å². The molecule has 0 heterocycles. The highest BCUT2D eigenvalue weighted by Crippen LogP contribution is 2.18. The summed E-state index contributed by atoms with van der Waals surface area (Å²) < 4.78 is 9.53. The number of ether oxygens (including phenoxy) is 2. The van der Waals surface area contributed by atoms with Crippen LogP contribution in [0.5, 0.6) is 5.75 Å². The second kappa shape index (κ2) is 5.80. The van der Waals surface area contributed by atoms with Gasteiger partial charge in [-0.25, -0.2) is 4.79 Å². The van der Waals surface area contributed by atoms with E-state index in [4.69, 9.17) is 4.74 Å². The van der Waals surface area contributed by atoms with Gasteiger partial charge >= 0.3 is 6.47 Å². The minimum Gasteiger partial charge on any atom is -0.496 e. The van der Waals surface area contributed by atoms with Crippen LogP contribution < -0.4 is 4.74 Å². The molecule has 3 nitrogen and oxygen atoms in total. The Morgan fingerprint density at radius 3 is 2.93 bits per heavy atom. The Kier molecular flexibility index (Phi) is 4.27. The predicted octanol–water partition coefficient (Wildman–Crippen LogP) is 1.79. The summed E-state index contributed by atoms with van der Waals surface area (Å²) in [4.78, 5) is 9.73. The Morgan fingerprint density at radius 2 is 2.21 bits per heavy atom. The van der Waals surface area contributed by atoms with E-state index in [2.05, 4.69) is 4.74 Å². The molecule has 0 aliphatic rings. The fourth-order valence-corrected chi connectivity index (χ4v) is 1.06. The van der Waals surface area contributed by atoms with Gasteiger partial charge in [0.05, 0.1) is 7.11 Å². The topological polar surface area (TPSA) is 35.5 Å². The summed E-state index contributed by atoms with van der Waals surface area (Å²) in [7, 11) is 1.61. The van der Waals surface area contributed by atoms with Gasteiger partial charge in [-0.15, -0.1) is 0 Å². The van der Waals surface area contributed by atoms with Gasteiger partial charge in [-0.05, 0) is 12.1 Å². The Bertz CT molecular complexity index is 318. The first-order chi connectivity index (χ1) is 6.88. The van der Waals surface area contributed by atoms with Crippen LogP contribution in [0.1, 0.15) is 5.56 Å². The zero-order chi connectivity index (χ0) is 10.2. The number of carbonyl (C=O) groups excluding carboxylic acids is 1. The molecule has 0 N–H and O–H groups in total. The van der Waals surface area contributed by atoms with Gasteiger partial charge in [0.2, 0.25) is 0 Å². The van der Waals surface area contributed by atoms with E-state index >= 15 is 0 Å². The van der Waals surface area contributed by atoms with E-state index in [-0.39, 0.29) is 6.61 Å². The van der Waals surface area contributed by atoms with Crippen LogP contribution >= 0.6 is 0 Å². The zero-order valence-corrected chi connectivity index (χ0v) is 7.90. The standard InChI is InChI=1S/C11H11O3/c1-13-11-7-3-2-5-10(11)6-4-8-14-9-12/h2-7H,8H2,1H3/b6-4+. The third-order valence-corrected chi connectivity index (χ3v) is 1.67. The highest BCUT2D eigenvalue weighted by Gasteiger charge is 1.95. The highest BCUT2D eigenvalue weighted by molar-refractivity contribution is 5.57. The van der Waals surface area contributed by atoms with Gasteiger partial charge in [0.25, 0.3) is 0 Å². The summed E-state index contributed by atoms with van der Waals surface area (Å²) in [5.74, 6) is 0.791. The normalized spacial score (nSPS) is 10.1. The molecule has 0 amide bonds. The van der Waals surface area contributed by atoms with Crippen molar-refractivity contribution in [3.63, 3.8) is 0 Å². The molecule has 73 valence electrons. The fourth-order valence-electron chi connectivity index (χ4n) is 1.06. The summed E-state index contributed by atoms with van der Waals surface area (Å²) in [5.41, 5.74) is 0.949. The van der Waals surface area contributed by atoms with Crippen LogP contribution in [0.15, 0.2) is 30.3 Å². The summed E-state index contributed by atoms with van der Waals surface area (Å²) in [6.07, 6.45) is 3.55. The summed E-state index contributed by atoms with van der Waals surface area (Å²) in [5, 5.41) is 0. The van der Waals surface area contributed by atoms with E-state index in [1.54, 1.807) is 13.2 Å². The molecule has 0 aromatic heterocycles. The molecule has 0 saturated carbocycles. The molecular weight excluding hydrogens is 180 g/mol. The van der Waals surface area contributed by atoms with Crippen molar-refractivity contribution in [2.24, 2.45) is 0 Å². The average Bonchev–Trinajstić information content (AvgIpc) is 2.25. The summed E-state index contributed by atoms with van der Waals surface area (Å²) in [6.45, 7) is 1.57. The van der Waals surface area contributed by atoms with Crippen molar-refractivity contribution in [3.8, 4) is 5.75 Å². The molecule has 1 radical (unpaired) electrons. The van der Waals surface area contributed by atoms with Gasteiger partial charge in [-0.3, -0.25) is 0 Å². The second-order valence-corrected chi connectivity index (χ2v) is 2.54. The number of hydrogen-bond donors (Lipinski definition) is 0. The van der Waals surface area contributed by atoms with Gasteiger partial charge in [0, 0.05) is 5.56 Å². The molecule has 0 aliphatic carbocycles. The van der Waals surface area contributed by atoms with E-state index in [0.717, 1.165) is 11.3 Å². The maximum atomic E-state index is 9.73. The molecule has 0 unspecified atom stereocenters. The zero-order valence-electron chi connectivity index (χ0n) is 7.90. The van der Waals surface area contributed by atoms with Gasteiger partial charge in [0.1, 0.15) is 12.4 Å². The van der Waals surface area contributed by atoms with Crippen molar-refractivity contribution in [1.29, 1.82) is 0 Å². The average molecular weight is 191 g/mol. The van der Waals surface area contributed by atoms with Crippen molar-refractivity contribution in [3.05, 3.63) is 35.9 Å². The fraction of sp³-hybridized carbons (Fsp3) is 0.182. The van der Waals surface area contributed by atoms with Crippen LogP contribution in [0, 0.1) is 0 Å². The van der Waals surface area contributed by atoms with Crippen LogP contribution in [0.3, 0.4) is 0 Å². The lowest BCUT2D eigenvalue weighted by Crippen LogP contribution is -1.88. The maximum Gasteiger partial charge on any atom is 0.417 e. The molecule has 0 aliphatic heterocycles. The Labute approximate surface area is 83.0 Å². The third-order valence-electron chi connectivity index (χ3n) is 1.67. The smallest absolute Gasteiger partial charge is 0.417 e. The third kappa shape index (κ3) is 2.94. The first kappa shape index (κ1) is 10.3. The molecule has 14 heavy (non-hydrogen) atoms. The van der Waals surface area contributed by atoms with E-state index < -0.39 is 0 Å². The van der Waals surface area contributed by atoms with Gasteiger partial charge < -0.3 is 9.47 Å². The summed E-state index contributed by atoms with van der Waals surface area (Å²) >= 11 is 0. The second-order valence-electron chi connectivity index (χ2n) is 2.54. The predicted molar refractivity (Wildman–Crippen MR) is 53.7 cm³/mol. The highest BCUT2D eigenvalue weighted by atomic mass is 16.5. The number of methoxy groups -OCH3 is 1. The largest absolute Gasteiger partial charge is 0.496 e. The van der Waals surface area contributed by atoms with Gasteiger partial charge in [-0.2, -0.15) is 0 Å². The number of para-hydroxylation sites is 1. The Balaban J connectivity index is 2.65. The Morgan fingerprint density at radius 1 is 1.43 bits per heavy atom. The number of hydrogen-bond acceptors (Lipinski definition) is 3. The number of rotatable bonds is 5. The molecule has 3 heteroatoms. The van der Waals surface area contributed by atoms with Crippen molar-refractivity contribution in [2.75, 3.05) is 13.7 Å². The Hall–Kier alpha value is -1.77. The lowest BCUT2D eigenvalue weighted by molar-refractivity contribution is 0.314. The van der Waals surface area contributed by atoms with Gasteiger partial charge in [0.15, 0.2) is 0 Å². The van der Waals surface area contributed by atoms with Crippen LogP contribution in [-0.4, -0.2) is 20.2 Å². The minimum atomic E-state index is 0.224. The van der Waals surface area contributed by atoms with Crippen LogP contribution in [0.4, 0.5) is 0 Å². The maximum absolute atomic E-state index is 9.73. The molecule has 0 atom stereocenters. The van der Waals surface area contributed by atoms with Crippen LogP contribution in [0.25, 0.3) is 6.08 Å². The molecule has 0 bridgehead atoms. The lowest BCUT2D eigenvalue weighted by Gasteiger charge is -2.02. The monoisotopic (exact) mass is 191 g/mol. The van der Waals surface area contributed by atoms with E-state index in [0.29, 0.717) is 0 Å². The SMILES string of the molecule is COc1ccccc1/C=C/CO[C]=O. The van der Waals surface area contributed by atoms with Crippen LogP contribution in [-0.2, 0) is 9.53 Å². The van der Waals surface area contributed by atoms with Crippen molar-refractivity contribution in [2.45, 2.75) is 0 Å². The van der Waals surface area contributed by atoms with Gasteiger partial charge in [-0.1, -0.05) is 24.3 Å². The quantitative estimate of drug-likeness (QED) is 0.665. The van der Waals surface area contributed by atoms with E-state index in [9.17, 15) is 4.79 Å². The van der Waals surface area contributed by atoms with Crippen molar-refractivity contribution < 1.29 is 14.3 Å². The van der Waals surface area contributed by atoms with E-state index in [1.807, 2.05) is 30.3 Å². The molecule has 1 aromatic rings. The van der Waals surface area contributed by atoms with Crippen molar-refractivity contribution >= 4 is 12.5 Å². The minimum absolute atomic E-state index is 0.224. The first-order valence-electron chi connectivity index (χ1n) is 4.17.